The Bertz CT molecular complexity index is 1450. The number of hydrogen-bond acceptors (Lipinski definition) is 6. The van der Waals surface area contributed by atoms with Gasteiger partial charge in [-0.3, -0.25) is 4.98 Å². The van der Waals surface area contributed by atoms with Crippen molar-refractivity contribution >= 4 is 37.8 Å². The van der Waals surface area contributed by atoms with Crippen LogP contribution in [0.1, 0.15) is 5.69 Å². The monoisotopic (exact) mass is 473 g/mol. The van der Waals surface area contributed by atoms with Gasteiger partial charge >= 0.3 is 6.18 Å². The van der Waals surface area contributed by atoms with Crippen LogP contribution in [-0.2, 0) is 16.2 Å². The second-order valence-corrected chi connectivity index (χ2v) is 9.51. The molecule has 1 saturated heterocycles. The number of hydrogen-bond donors (Lipinski definition) is 0. The molecule has 2 aromatic heterocycles. The van der Waals surface area contributed by atoms with Gasteiger partial charge in [-0.15, -0.1) is 0 Å². The normalized spacial score (nSPS) is 15.9. The van der Waals surface area contributed by atoms with E-state index in [-0.39, 0.29) is 42.4 Å². The van der Waals surface area contributed by atoms with Crippen LogP contribution in [0.3, 0.4) is 0 Å². The minimum absolute atomic E-state index is 0.0113. The van der Waals surface area contributed by atoms with Crippen molar-refractivity contribution in [3.8, 4) is 0 Å². The number of anilines is 1. The number of rotatable bonds is 3. The van der Waals surface area contributed by atoms with Crippen molar-refractivity contribution in [1.29, 1.82) is 0 Å². The van der Waals surface area contributed by atoms with Gasteiger partial charge in [0.05, 0.1) is 16.6 Å². The van der Waals surface area contributed by atoms with Crippen LogP contribution in [0.2, 0.25) is 0 Å². The number of sulfonamides is 1. The molecule has 3 heterocycles. The maximum Gasteiger partial charge on any atom is 0.437 e. The van der Waals surface area contributed by atoms with Crippen LogP contribution in [-0.4, -0.2) is 53.9 Å². The molecule has 33 heavy (non-hydrogen) atoms. The molecule has 0 aliphatic carbocycles. The first-order valence-corrected chi connectivity index (χ1v) is 11.6. The summed E-state index contributed by atoms with van der Waals surface area (Å²) in [6.07, 6.45) is -3.17. The highest BCUT2D eigenvalue weighted by atomic mass is 32.2. The van der Waals surface area contributed by atoms with E-state index in [1.807, 2.05) is 0 Å². The summed E-state index contributed by atoms with van der Waals surface area (Å²) >= 11 is 0. The third-order valence-corrected chi connectivity index (χ3v) is 7.50. The molecule has 0 N–H and O–H groups in total. The van der Waals surface area contributed by atoms with E-state index in [9.17, 15) is 21.6 Å². The number of benzene rings is 2. The standard InChI is InChI=1S/C22H18F3N5O2S/c23-22(24,25)20-21(28-17-8-2-1-7-16(17)27-20)29-11-13-30(14-12-29)33(31,32)18-9-3-5-15-6-4-10-26-19(15)18/h1-10H,11-14H2. The topological polar surface area (TPSA) is 79.3 Å². The fraction of sp³-hybridized carbons (Fsp3) is 0.227. The van der Waals surface area contributed by atoms with Crippen molar-refractivity contribution in [2.75, 3.05) is 31.1 Å². The van der Waals surface area contributed by atoms with Gasteiger partial charge in [0.15, 0.2) is 11.5 Å². The summed E-state index contributed by atoms with van der Waals surface area (Å²) in [6.45, 7) is 0.121. The highest BCUT2D eigenvalue weighted by Gasteiger charge is 2.40. The fourth-order valence-corrected chi connectivity index (χ4v) is 5.55. The van der Waals surface area contributed by atoms with Gasteiger partial charge in [0.25, 0.3) is 0 Å². The molecule has 4 aromatic rings. The summed E-state index contributed by atoms with van der Waals surface area (Å²) in [5, 5.41) is 0.693. The lowest BCUT2D eigenvalue weighted by Gasteiger charge is -2.35. The number of alkyl halides is 3. The van der Waals surface area contributed by atoms with Crippen LogP contribution in [0.25, 0.3) is 21.9 Å². The molecule has 0 unspecified atom stereocenters. The average molecular weight is 473 g/mol. The third-order valence-electron chi connectivity index (χ3n) is 5.57. The Balaban J connectivity index is 1.45. The molecular formula is C22H18F3N5O2S. The zero-order chi connectivity index (χ0) is 23.2. The van der Waals surface area contributed by atoms with Crippen LogP contribution in [0.15, 0.2) is 65.7 Å². The summed E-state index contributed by atoms with van der Waals surface area (Å²) in [4.78, 5) is 13.8. The van der Waals surface area contributed by atoms with Gasteiger partial charge < -0.3 is 4.90 Å². The van der Waals surface area contributed by atoms with Crippen LogP contribution in [0, 0.1) is 0 Å². The molecule has 0 spiro atoms. The van der Waals surface area contributed by atoms with Crippen LogP contribution in [0.5, 0.6) is 0 Å². The minimum atomic E-state index is -4.69. The van der Waals surface area contributed by atoms with E-state index >= 15 is 0 Å². The van der Waals surface area contributed by atoms with Crippen LogP contribution in [0.4, 0.5) is 19.0 Å². The van der Waals surface area contributed by atoms with E-state index in [1.165, 1.54) is 27.5 Å². The first-order chi connectivity index (χ1) is 15.7. The van der Waals surface area contributed by atoms with Gasteiger partial charge in [0.2, 0.25) is 10.0 Å². The molecule has 0 saturated carbocycles. The number of fused-ring (bicyclic) bond motifs is 2. The lowest BCUT2D eigenvalue weighted by atomic mass is 10.2. The Hall–Kier alpha value is -3.31. The molecule has 1 aliphatic rings. The van der Waals surface area contributed by atoms with E-state index in [4.69, 9.17) is 0 Å². The smallest absolute Gasteiger partial charge is 0.352 e. The van der Waals surface area contributed by atoms with Crippen LogP contribution >= 0.6 is 0 Å². The summed E-state index contributed by atoms with van der Waals surface area (Å²) < 4.78 is 69.1. The maximum absolute atomic E-state index is 13.7. The maximum atomic E-state index is 13.7. The van der Waals surface area contributed by atoms with Crippen LogP contribution < -0.4 is 4.90 Å². The molecule has 170 valence electrons. The molecule has 0 atom stereocenters. The SMILES string of the molecule is O=S(=O)(c1cccc2cccnc12)N1CCN(c2nc3ccccc3nc2C(F)(F)F)CC1. The van der Waals surface area contributed by atoms with E-state index in [0.29, 0.717) is 16.4 Å². The Morgan fingerprint density at radius 3 is 2.18 bits per heavy atom. The first kappa shape index (κ1) is 21.5. The van der Waals surface area contributed by atoms with E-state index < -0.39 is 21.9 Å². The summed E-state index contributed by atoms with van der Waals surface area (Å²) in [5.74, 6) is -0.287. The number of aromatic nitrogens is 3. The Morgan fingerprint density at radius 1 is 0.818 bits per heavy atom. The predicted octanol–water partition coefficient (Wildman–Crippen LogP) is 3.71. The van der Waals surface area contributed by atoms with Gasteiger partial charge in [-0.25, -0.2) is 18.4 Å². The fourth-order valence-electron chi connectivity index (χ4n) is 3.97. The number of para-hydroxylation sites is 3. The van der Waals surface area contributed by atoms with Gasteiger partial charge in [0.1, 0.15) is 4.90 Å². The zero-order valence-corrected chi connectivity index (χ0v) is 18.0. The van der Waals surface area contributed by atoms with Gasteiger partial charge in [-0.05, 0) is 24.3 Å². The van der Waals surface area contributed by atoms with Crippen molar-refractivity contribution in [2.24, 2.45) is 0 Å². The zero-order valence-electron chi connectivity index (χ0n) is 17.2. The molecule has 7 nitrogen and oxygen atoms in total. The lowest BCUT2D eigenvalue weighted by Crippen LogP contribution is -2.49. The highest BCUT2D eigenvalue weighted by molar-refractivity contribution is 7.89. The Morgan fingerprint density at radius 2 is 1.48 bits per heavy atom. The van der Waals surface area contributed by atoms with Gasteiger partial charge in [-0.2, -0.15) is 17.5 Å². The molecule has 1 fully saturated rings. The second-order valence-electron chi connectivity index (χ2n) is 7.60. The molecule has 2 aromatic carbocycles. The molecule has 0 bridgehead atoms. The van der Waals surface area contributed by atoms with E-state index in [2.05, 4.69) is 15.0 Å². The quantitative estimate of drug-likeness (QED) is 0.452. The van der Waals surface area contributed by atoms with Gasteiger partial charge in [-0.1, -0.05) is 30.3 Å². The van der Waals surface area contributed by atoms with Crippen molar-refractivity contribution < 1.29 is 21.6 Å². The molecule has 0 amide bonds. The number of halogens is 3. The summed E-state index contributed by atoms with van der Waals surface area (Å²) in [5.41, 5.74) is -0.214. The Kier molecular flexibility index (Phi) is 5.17. The number of pyridine rings is 1. The highest BCUT2D eigenvalue weighted by Crippen LogP contribution is 2.36. The minimum Gasteiger partial charge on any atom is -0.352 e. The molecule has 1 aliphatic heterocycles. The van der Waals surface area contributed by atoms with Crippen molar-refractivity contribution in [3.05, 3.63) is 66.5 Å². The molecule has 0 radical (unpaired) electrons. The lowest BCUT2D eigenvalue weighted by molar-refractivity contribution is -0.140. The number of piperazine rings is 1. The van der Waals surface area contributed by atoms with Gasteiger partial charge in [0, 0.05) is 37.8 Å². The Labute approximate surface area is 187 Å². The van der Waals surface area contributed by atoms with Crippen molar-refractivity contribution in [1.82, 2.24) is 19.3 Å². The second kappa shape index (κ2) is 7.92. The van der Waals surface area contributed by atoms with E-state index in [1.54, 1.807) is 42.5 Å². The average Bonchev–Trinajstić information content (AvgIpc) is 2.82. The predicted molar refractivity (Wildman–Crippen MR) is 117 cm³/mol. The largest absolute Gasteiger partial charge is 0.437 e. The summed E-state index contributed by atoms with van der Waals surface area (Å²) in [6, 6.07) is 14.8. The number of nitrogens with zero attached hydrogens (tertiary/aromatic N) is 5. The van der Waals surface area contributed by atoms with E-state index in [0.717, 1.165) is 0 Å². The molecule has 11 heteroatoms. The third kappa shape index (κ3) is 3.87. The van der Waals surface area contributed by atoms with Crippen molar-refractivity contribution in [3.63, 3.8) is 0 Å². The molecule has 5 rings (SSSR count). The molecular weight excluding hydrogens is 455 g/mol. The first-order valence-electron chi connectivity index (χ1n) is 10.2. The summed E-state index contributed by atoms with van der Waals surface area (Å²) in [7, 11) is -3.88. The van der Waals surface area contributed by atoms with Crippen molar-refractivity contribution in [2.45, 2.75) is 11.1 Å².